The van der Waals surface area contributed by atoms with Gasteiger partial charge in [-0.05, 0) is 31.9 Å². The molecule has 0 bridgehead atoms. The summed E-state index contributed by atoms with van der Waals surface area (Å²) in [4.78, 5) is 33.6. The van der Waals surface area contributed by atoms with Crippen LogP contribution < -0.4 is 10.4 Å². The zero-order valence-electron chi connectivity index (χ0n) is 15.9. The van der Waals surface area contributed by atoms with Crippen LogP contribution in [-0.2, 0) is 16.1 Å². The number of oxime groups is 1. The quantitative estimate of drug-likeness (QED) is 0.352. The number of anilines is 1. The Hall–Kier alpha value is -2.92. The minimum Gasteiger partial charge on any atom is -0.535 e. The minimum atomic E-state index is -1.33. The van der Waals surface area contributed by atoms with Gasteiger partial charge in [-0.2, -0.15) is 0 Å². The summed E-state index contributed by atoms with van der Waals surface area (Å²) in [5.41, 5.74) is 6.57. The SMILES string of the molecule is CC(C)O/N=C(\C(=O)C[C@H]1Cc2cccc(C(=O)O)c2OB1O)c1csc(N)n1. The Morgan fingerprint density at radius 3 is 2.86 bits per heavy atom. The first-order chi connectivity index (χ1) is 13.8. The zero-order valence-corrected chi connectivity index (χ0v) is 16.7. The van der Waals surface area contributed by atoms with Crippen LogP contribution in [0.15, 0.2) is 28.7 Å². The third-order valence-electron chi connectivity index (χ3n) is 4.28. The molecule has 1 aliphatic rings. The van der Waals surface area contributed by atoms with Crippen molar-refractivity contribution >= 4 is 41.1 Å². The number of carbonyl (C=O) groups excluding carboxylic acids is 1. The molecule has 11 heteroatoms. The van der Waals surface area contributed by atoms with Crippen LogP contribution in [0.4, 0.5) is 5.13 Å². The van der Waals surface area contributed by atoms with E-state index in [2.05, 4.69) is 10.1 Å². The number of ketones is 1. The van der Waals surface area contributed by atoms with Crippen LogP contribution in [0.1, 0.15) is 41.9 Å². The normalized spacial score (nSPS) is 16.3. The molecule has 0 unspecified atom stereocenters. The molecule has 0 radical (unpaired) electrons. The van der Waals surface area contributed by atoms with Crippen LogP contribution in [0.25, 0.3) is 0 Å². The van der Waals surface area contributed by atoms with Crippen LogP contribution in [0.2, 0.25) is 5.82 Å². The Morgan fingerprint density at radius 2 is 2.24 bits per heavy atom. The molecule has 152 valence electrons. The Labute approximate surface area is 171 Å². The number of nitrogens with zero attached hydrogens (tertiary/aromatic N) is 2. The van der Waals surface area contributed by atoms with Crippen molar-refractivity contribution in [1.29, 1.82) is 0 Å². The van der Waals surface area contributed by atoms with Gasteiger partial charge in [0.2, 0.25) is 0 Å². The van der Waals surface area contributed by atoms with E-state index < -0.39 is 18.9 Å². The van der Waals surface area contributed by atoms with Gasteiger partial charge in [-0.25, -0.2) is 9.78 Å². The van der Waals surface area contributed by atoms with E-state index in [0.717, 1.165) is 0 Å². The van der Waals surface area contributed by atoms with Crippen LogP contribution in [0.3, 0.4) is 0 Å². The summed E-state index contributed by atoms with van der Waals surface area (Å²) >= 11 is 1.17. The van der Waals surface area contributed by atoms with E-state index in [9.17, 15) is 19.7 Å². The van der Waals surface area contributed by atoms with Gasteiger partial charge in [-0.3, -0.25) is 4.79 Å². The maximum Gasteiger partial charge on any atom is 0.526 e. The number of rotatable bonds is 7. The van der Waals surface area contributed by atoms with E-state index >= 15 is 0 Å². The van der Waals surface area contributed by atoms with E-state index in [4.69, 9.17) is 15.2 Å². The van der Waals surface area contributed by atoms with Crippen molar-refractivity contribution in [2.45, 2.75) is 38.6 Å². The molecule has 29 heavy (non-hydrogen) atoms. The van der Waals surface area contributed by atoms with Crippen LogP contribution in [-0.4, -0.2) is 45.8 Å². The van der Waals surface area contributed by atoms with Crippen molar-refractivity contribution in [2.24, 2.45) is 5.16 Å². The molecule has 1 aromatic carbocycles. The number of nitrogens with two attached hydrogens (primary N) is 1. The molecule has 2 heterocycles. The monoisotopic (exact) mass is 417 g/mol. The molecule has 0 aliphatic carbocycles. The topological polar surface area (TPSA) is 144 Å². The molecular weight excluding hydrogens is 397 g/mol. The van der Waals surface area contributed by atoms with Crippen molar-refractivity contribution in [3.8, 4) is 5.75 Å². The smallest absolute Gasteiger partial charge is 0.526 e. The average Bonchev–Trinajstić information content (AvgIpc) is 3.07. The van der Waals surface area contributed by atoms with Crippen LogP contribution in [0.5, 0.6) is 5.75 Å². The predicted molar refractivity (Wildman–Crippen MR) is 108 cm³/mol. The Kier molecular flexibility index (Phi) is 6.19. The summed E-state index contributed by atoms with van der Waals surface area (Å²) in [6.07, 6.45) is -0.0463. The van der Waals surface area contributed by atoms with E-state index in [1.54, 1.807) is 31.4 Å². The number of hydrogen-bond acceptors (Lipinski definition) is 9. The first-order valence-electron chi connectivity index (χ1n) is 8.94. The number of carboxylic acids is 1. The van der Waals surface area contributed by atoms with E-state index in [1.165, 1.54) is 17.4 Å². The fourth-order valence-electron chi connectivity index (χ4n) is 2.96. The highest BCUT2D eigenvalue weighted by atomic mass is 32.1. The maximum absolute atomic E-state index is 12.9. The maximum atomic E-state index is 12.9. The fourth-order valence-corrected chi connectivity index (χ4v) is 3.50. The van der Waals surface area contributed by atoms with Crippen LogP contribution in [0, 0.1) is 0 Å². The van der Waals surface area contributed by atoms with Gasteiger partial charge in [0.05, 0.1) is 5.56 Å². The number of carboxylic acid groups (broad SMARTS) is 1. The van der Waals surface area contributed by atoms with Crippen molar-refractivity contribution in [3.05, 3.63) is 40.4 Å². The molecule has 9 nitrogen and oxygen atoms in total. The third kappa shape index (κ3) is 4.74. The summed E-state index contributed by atoms with van der Waals surface area (Å²) in [5, 5.41) is 25.5. The number of para-hydroxylation sites is 1. The summed E-state index contributed by atoms with van der Waals surface area (Å²) < 4.78 is 5.44. The van der Waals surface area contributed by atoms with Gasteiger partial charge >= 0.3 is 13.1 Å². The Balaban J connectivity index is 1.82. The molecule has 0 saturated carbocycles. The molecule has 0 saturated heterocycles. The van der Waals surface area contributed by atoms with Gasteiger partial charge in [0.25, 0.3) is 0 Å². The molecule has 0 fully saturated rings. The zero-order chi connectivity index (χ0) is 21.1. The van der Waals surface area contributed by atoms with E-state index in [-0.39, 0.29) is 41.8 Å². The standard InChI is InChI=1S/C18H20BN3O6S/c1-9(2)28-22-15(13-8-29-18(20)21-13)14(23)7-11-6-10-4-3-5-12(17(24)25)16(10)27-19(11)26/h3-5,8-9,11,26H,6-7H2,1-2H3,(H2,20,21)(H,24,25)/b22-15-/t11-/m1/s1. The first-order valence-corrected chi connectivity index (χ1v) is 9.82. The number of carbonyl (C=O) groups is 2. The van der Waals surface area contributed by atoms with Crippen LogP contribution >= 0.6 is 11.3 Å². The summed E-state index contributed by atoms with van der Waals surface area (Å²) in [6.45, 7) is 3.55. The number of hydrogen-bond donors (Lipinski definition) is 3. The number of aromatic nitrogens is 1. The average molecular weight is 417 g/mol. The molecular formula is C18H20BN3O6S. The predicted octanol–water partition coefficient (Wildman–Crippen LogP) is 2.00. The highest BCUT2D eigenvalue weighted by Gasteiger charge is 2.38. The van der Waals surface area contributed by atoms with Gasteiger partial charge in [0.15, 0.2) is 16.6 Å². The van der Waals surface area contributed by atoms with Gasteiger partial charge in [-0.1, -0.05) is 17.3 Å². The number of nitrogen functional groups attached to an aromatic ring is 1. The lowest BCUT2D eigenvalue weighted by Gasteiger charge is -2.28. The largest absolute Gasteiger partial charge is 0.535 e. The minimum absolute atomic E-state index is 0.0175. The van der Waals surface area contributed by atoms with E-state index in [0.29, 0.717) is 16.4 Å². The number of aromatic carboxylic acids is 1. The number of Topliss-reactive ketones (excluding diaryl/α,β-unsaturated/α-hetero) is 1. The molecule has 4 N–H and O–H groups in total. The van der Waals surface area contributed by atoms with Crippen molar-refractivity contribution < 1.29 is 29.2 Å². The summed E-state index contributed by atoms with van der Waals surface area (Å²) in [5.74, 6) is -1.99. The third-order valence-corrected chi connectivity index (χ3v) is 4.96. The first kappa shape index (κ1) is 20.8. The lowest BCUT2D eigenvalue weighted by atomic mass is 9.64. The second-order valence-electron chi connectivity index (χ2n) is 6.86. The van der Waals surface area contributed by atoms with Crippen molar-refractivity contribution in [3.63, 3.8) is 0 Å². The Bertz CT molecular complexity index is 961. The van der Waals surface area contributed by atoms with Gasteiger partial charge in [0.1, 0.15) is 17.5 Å². The van der Waals surface area contributed by atoms with Crippen molar-refractivity contribution in [1.82, 2.24) is 4.98 Å². The van der Waals surface area contributed by atoms with E-state index in [1.807, 2.05) is 0 Å². The lowest BCUT2D eigenvalue weighted by Crippen LogP contribution is -2.37. The number of benzene rings is 1. The van der Waals surface area contributed by atoms with Gasteiger partial charge in [-0.15, -0.1) is 11.3 Å². The molecule has 2 aromatic rings. The van der Waals surface area contributed by atoms with Crippen molar-refractivity contribution in [2.75, 3.05) is 5.73 Å². The molecule has 0 amide bonds. The summed E-state index contributed by atoms with van der Waals surface area (Å²) in [7, 11) is -1.33. The molecule has 1 aromatic heterocycles. The summed E-state index contributed by atoms with van der Waals surface area (Å²) in [6, 6.07) is 4.72. The molecule has 1 atom stereocenters. The van der Waals surface area contributed by atoms with Gasteiger partial charge in [0, 0.05) is 17.6 Å². The second kappa shape index (κ2) is 8.62. The highest BCUT2D eigenvalue weighted by molar-refractivity contribution is 7.13. The Morgan fingerprint density at radius 1 is 1.48 bits per heavy atom. The molecule has 1 aliphatic heterocycles. The lowest BCUT2D eigenvalue weighted by molar-refractivity contribution is -0.113. The molecule has 3 rings (SSSR count). The number of fused-ring (bicyclic) bond motifs is 1. The highest BCUT2D eigenvalue weighted by Crippen LogP contribution is 2.36. The molecule has 0 spiro atoms. The second-order valence-corrected chi connectivity index (χ2v) is 7.75. The number of thiazole rings is 1. The van der Waals surface area contributed by atoms with Gasteiger partial charge < -0.3 is 25.4 Å². The fraction of sp³-hybridized carbons (Fsp3) is 0.333.